The van der Waals surface area contributed by atoms with Gasteiger partial charge in [0.25, 0.3) is 0 Å². The molecule has 2 aliphatic rings. The van der Waals surface area contributed by atoms with Gasteiger partial charge in [0.05, 0.1) is 12.5 Å². The van der Waals surface area contributed by atoms with Gasteiger partial charge in [-0.15, -0.1) is 12.4 Å². The number of carbonyl (C=O) groups is 1. The Morgan fingerprint density at radius 3 is 2.71 bits per heavy atom. The van der Waals surface area contributed by atoms with Crippen LogP contribution in [-0.4, -0.2) is 44.6 Å². The highest BCUT2D eigenvalue weighted by Crippen LogP contribution is 2.49. The zero-order chi connectivity index (χ0) is 14.2. The zero-order valence-electron chi connectivity index (χ0n) is 12.6. The fourth-order valence-corrected chi connectivity index (χ4v) is 3.78. The number of rotatable bonds is 2. The summed E-state index contributed by atoms with van der Waals surface area (Å²) in [6.45, 7) is 2.67. The number of methoxy groups -OCH3 is 1. The third-order valence-corrected chi connectivity index (χ3v) is 4.89. The standard InChI is InChI=1S/C16H22N2O2.ClH/c1-18-11-14(12-4-3-5-13(10-12)20-2)16(15(18)19)6-8-17-9-7-16;/h3-5,10,14,17H,6-9,11H2,1-2H3;1H. The van der Waals surface area contributed by atoms with Crippen molar-refractivity contribution in [3.05, 3.63) is 29.8 Å². The minimum Gasteiger partial charge on any atom is -0.497 e. The molecule has 1 N–H and O–H groups in total. The van der Waals surface area contributed by atoms with Crippen molar-refractivity contribution < 1.29 is 9.53 Å². The Morgan fingerprint density at radius 2 is 2.05 bits per heavy atom. The van der Waals surface area contributed by atoms with E-state index in [1.807, 2.05) is 24.1 Å². The largest absolute Gasteiger partial charge is 0.497 e. The molecule has 0 saturated carbocycles. The lowest BCUT2D eigenvalue weighted by Crippen LogP contribution is -2.44. The van der Waals surface area contributed by atoms with Crippen molar-refractivity contribution in [3.63, 3.8) is 0 Å². The summed E-state index contributed by atoms with van der Waals surface area (Å²) in [5, 5.41) is 3.37. The molecule has 1 amide bonds. The highest BCUT2D eigenvalue weighted by molar-refractivity contribution is 5.86. The molecule has 1 spiro atoms. The van der Waals surface area contributed by atoms with Crippen molar-refractivity contribution >= 4 is 18.3 Å². The number of hydrogen-bond acceptors (Lipinski definition) is 3. The number of amides is 1. The Kier molecular flexibility index (Phi) is 4.79. The van der Waals surface area contributed by atoms with Crippen LogP contribution < -0.4 is 10.1 Å². The van der Waals surface area contributed by atoms with Crippen molar-refractivity contribution in [2.45, 2.75) is 18.8 Å². The second kappa shape index (κ2) is 6.24. The molecule has 0 radical (unpaired) electrons. The second-order valence-corrected chi connectivity index (χ2v) is 5.92. The molecule has 0 bridgehead atoms. The Morgan fingerprint density at radius 1 is 1.33 bits per heavy atom. The van der Waals surface area contributed by atoms with Gasteiger partial charge in [0, 0.05) is 19.5 Å². The maximum atomic E-state index is 12.7. The highest BCUT2D eigenvalue weighted by Gasteiger charge is 2.53. The van der Waals surface area contributed by atoms with Crippen LogP contribution in [0, 0.1) is 5.41 Å². The second-order valence-electron chi connectivity index (χ2n) is 5.92. The van der Waals surface area contributed by atoms with Crippen LogP contribution in [0.4, 0.5) is 0 Å². The Labute approximate surface area is 132 Å². The van der Waals surface area contributed by atoms with E-state index < -0.39 is 0 Å². The van der Waals surface area contributed by atoms with Crippen LogP contribution in [0.3, 0.4) is 0 Å². The molecule has 116 valence electrons. The van der Waals surface area contributed by atoms with E-state index in [1.54, 1.807) is 7.11 Å². The average molecular weight is 311 g/mol. The molecule has 2 saturated heterocycles. The molecule has 2 fully saturated rings. The van der Waals surface area contributed by atoms with Crippen LogP contribution in [0.2, 0.25) is 0 Å². The summed E-state index contributed by atoms with van der Waals surface area (Å²) < 4.78 is 5.33. The van der Waals surface area contributed by atoms with E-state index in [2.05, 4.69) is 17.4 Å². The molecular formula is C16H23ClN2O2. The van der Waals surface area contributed by atoms with Crippen LogP contribution in [0.5, 0.6) is 5.75 Å². The average Bonchev–Trinajstić information content (AvgIpc) is 2.74. The van der Waals surface area contributed by atoms with Crippen LogP contribution in [0.1, 0.15) is 24.3 Å². The predicted molar refractivity (Wildman–Crippen MR) is 85.2 cm³/mol. The number of carbonyl (C=O) groups excluding carboxylic acids is 1. The molecule has 3 rings (SSSR count). The number of nitrogens with zero attached hydrogens (tertiary/aromatic N) is 1. The number of piperidine rings is 1. The molecule has 0 aliphatic carbocycles. The van der Waals surface area contributed by atoms with Crippen LogP contribution >= 0.6 is 12.4 Å². The van der Waals surface area contributed by atoms with E-state index in [0.29, 0.717) is 5.91 Å². The van der Waals surface area contributed by atoms with Gasteiger partial charge in [0.15, 0.2) is 0 Å². The Hall–Kier alpha value is -1.26. The minimum absolute atomic E-state index is 0. The lowest BCUT2D eigenvalue weighted by Gasteiger charge is -2.36. The molecule has 1 aromatic rings. The molecule has 21 heavy (non-hydrogen) atoms. The van der Waals surface area contributed by atoms with E-state index in [1.165, 1.54) is 5.56 Å². The van der Waals surface area contributed by atoms with Gasteiger partial charge in [-0.1, -0.05) is 12.1 Å². The Balaban J connectivity index is 0.00000161. The number of ether oxygens (including phenoxy) is 1. The molecule has 1 atom stereocenters. The monoisotopic (exact) mass is 310 g/mol. The highest BCUT2D eigenvalue weighted by atomic mass is 35.5. The van der Waals surface area contributed by atoms with Crippen molar-refractivity contribution in [2.24, 2.45) is 5.41 Å². The van der Waals surface area contributed by atoms with Gasteiger partial charge in [0.1, 0.15) is 5.75 Å². The minimum atomic E-state index is -0.216. The number of likely N-dealkylation sites (N-methyl/N-ethyl adjacent to an activating group) is 1. The summed E-state index contributed by atoms with van der Waals surface area (Å²) in [6, 6.07) is 8.19. The van der Waals surface area contributed by atoms with Gasteiger partial charge < -0.3 is 15.0 Å². The van der Waals surface area contributed by atoms with Gasteiger partial charge in [-0.3, -0.25) is 4.79 Å². The van der Waals surface area contributed by atoms with Gasteiger partial charge in [-0.25, -0.2) is 0 Å². The fourth-order valence-electron chi connectivity index (χ4n) is 3.78. The maximum absolute atomic E-state index is 12.7. The molecule has 2 aliphatic heterocycles. The first kappa shape index (κ1) is 16.1. The molecule has 4 nitrogen and oxygen atoms in total. The zero-order valence-corrected chi connectivity index (χ0v) is 13.4. The van der Waals surface area contributed by atoms with Gasteiger partial charge in [0.2, 0.25) is 5.91 Å². The SMILES string of the molecule is COc1cccc(C2CN(C)C(=O)C23CCNCC3)c1.Cl. The first-order valence-corrected chi connectivity index (χ1v) is 7.27. The van der Waals surface area contributed by atoms with E-state index >= 15 is 0 Å². The van der Waals surface area contributed by atoms with Crippen molar-refractivity contribution in [2.75, 3.05) is 33.8 Å². The molecule has 0 aromatic heterocycles. The molecule has 5 heteroatoms. The summed E-state index contributed by atoms with van der Waals surface area (Å²) >= 11 is 0. The van der Waals surface area contributed by atoms with Crippen LogP contribution in [0.15, 0.2) is 24.3 Å². The lowest BCUT2D eigenvalue weighted by atomic mass is 9.68. The van der Waals surface area contributed by atoms with Gasteiger partial charge in [-0.05, 0) is 43.6 Å². The summed E-state index contributed by atoms with van der Waals surface area (Å²) in [5.74, 6) is 1.46. The first-order valence-electron chi connectivity index (χ1n) is 7.27. The summed E-state index contributed by atoms with van der Waals surface area (Å²) in [7, 11) is 3.61. The van der Waals surface area contributed by atoms with E-state index in [0.717, 1.165) is 38.2 Å². The van der Waals surface area contributed by atoms with Crippen LogP contribution in [-0.2, 0) is 4.79 Å². The Bertz CT molecular complexity index is 515. The fraction of sp³-hybridized carbons (Fsp3) is 0.562. The normalized spacial score (nSPS) is 24.0. The summed E-state index contributed by atoms with van der Waals surface area (Å²) in [6.07, 6.45) is 1.86. The third kappa shape index (κ3) is 2.62. The van der Waals surface area contributed by atoms with Crippen molar-refractivity contribution in [1.29, 1.82) is 0 Å². The van der Waals surface area contributed by atoms with Crippen molar-refractivity contribution in [3.8, 4) is 5.75 Å². The molecule has 1 unspecified atom stereocenters. The molecule has 1 aromatic carbocycles. The maximum Gasteiger partial charge on any atom is 0.229 e. The van der Waals surface area contributed by atoms with Crippen LogP contribution in [0.25, 0.3) is 0 Å². The third-order valence-electron chi connectivity index (χ3n) is 4.89. The first-order chi connectivity index (χ1) is 9.67. The number of benzene rings is 1. The topological polar surface area (TPSA) is 41.6 Å². The number of hydrogen-bond donors (Lipinski definition) is 1. The summed E-state index contributed by atoms with van der Waals surface area (Å²) in [4.78, 5) is 14.6. The molecule has 2 heterocycles. The van der Waals surface area contributed by atoms with Gasteiger partial charge >= 0.3 is 0 Å². The smallest absolute Gasteiger partial charge is 0.229 e. The predicted octanol–water partition coefficient (Wildman–Crippen LogP) is 2.04. The molecular weight excluding hydrogens is 288 g/mol. The van der Waals surface area contributed by atoms with E-state index in [4.69, 9.17) is 4.74 Å². The van der Waals surface area contributed by atoms with E-state index in [-0.39, 0.29) is 23.7 Å². The summed E-state index contributed by atoms with van der Waals surface area (Å²) in [5.41, 5.74) is 1.01. The lowest BCUT2D eigenvalue weighted by molar-refractivity contribution is -0.136. The number of likely N-dealkylation sites (tertiary alicyclic amines) is 1. The number of halogens is 1. The van der Waals surface area contributed by atoms with Crippen molar-refractivity contribution in [1.82, 2.24) is 10.2 Å². The van der Waals surface area contributed by atoms with E-state index in [9.17, 15) is 4.79 Å². The number of nitrogens with one attached hydrogen (secondary N) is 1. The quantitative estimate of drug-likeness (QED) is 0.909. The van der Waals surface area contributed by atoms with Gasteiger partial charge in [-0.2, -0.15) is 0 Å².